The molecule has 1 saturated heterocycles. The van der Waals surface area contributed by atoms with E-state index in [1.54, 1.807) is 7.05 Å². The third kappa shape index (κ3) is 3.73. The molecule has 0 radical (unpaired) electrons. The zero-order valence-corrected chi connectivity index (χ0v) is 18.3. The Bertz CT molecular complexity index is 1160. The van der Waals surface area contributed by atoms with Crippen LogP contribution in [0.5, 0.6) is 0 Å². The fourth-order valence-corrected chi connectivity index (χ4v) is 4.12. The van der Waals surface area contributed by atoms with E-state index >= 15 is 0 Å². The molecule has 4 rings (SSSR count). The molecule has 0 atom stereocenters. The summed E-state index contributed by atoms with van der Waals surface area (Å²) >= 11 is 0. The summed E-state index contributed by atoms with van der Waals surface area (Å²) in [7, 11) is 3.20. The van der Waals surface area contributed by atoms with Gasteiger partial charge in [-0.05, 0) is 19.0 Å². The molecule has 0 aliphatic carbocycles. The first kappa shape index (κ1) is 20.6. The summed E-state index contributed by atoms with van der Waals surface area (Å²) in [6, 6.07) is 8.31. The fraction of sp³-hybridized carbons (Fsp3) is 0.500. The van der Waals surface area contributed by atoms with Crippen LogP contribution in [-0.4, -0.2) is 61.2 Å². The normalized spacial score (nSPS) is 15.9. The van der Waals surface area contributed by atoms with Gasteiger partial charge in [-0.1, -0.05) is 36.8 Å². The van der Waals surface area contributed by atoms with Crippen molar-refractivity contribution < 1.29 is 0 Å². The van der Waals surface area contributed by atoms with E-state index in [4.69, 9.17) is 4.98 Å². The van der Waals surface area contributed by atoms with Crippen molar-refractivity contribution in [3.63, 3.8) is 0 Å². The minimum Gasteiger partial charge on any atom is -0.317 e. The number of hydrogen-bond acceptors (Lipinski definition) is 5. The Morgan fingerprint density at radius 3 is 2.17 bits per heavy atom. The molecule has 0 spiro atoms. The highest BCUT2D eigenvalue weighted by Gasteiger charge is 2.22. The molecule has 0 amide bonds. The van der Waals surface area contributed by atoms with Crippen molar-refractivity contribution in [2.75, 3.05) is 32.7 Å². The molecule has 1 aliphatic rings. The Morgan fingerprint density at radius 2 is 1.53 bits per heavy atom. The van der Waals surface area contributed by atoms with Crippen LogP contribution in [0.4, 0.5) is 0 Å². The van der Waals surface area contributed by atoms with E-state index in [0.29, 0.717) is 24.3 Å². The summed E-state index contributed by atoms with van der Waals surface area (Å²) in [5.41, 5.74) is 2.60. The monoisotopic (exact) mass is 410 g/mol. The molecule has 2 aromatic heterocycles. The van der Waals surface area contributed by atoms with Crippen LogP contribution in [0.3, 0.4) is 0 Å². The van der Waals surface area contributed by atoms with Crippen molar-refractivity contribution in [3.8, 4) is 0 Å². The van der Waals surface area contributed by atoms with Crippen LogP contribution in [0.1, 0.15) is 23.9 Å². The third-order valence-electron chi connectivity index (χ3n) is 6.17. The van der Waals surface area contributed by atoms with E-state index in [9.17, 15) is 9.59 Å². The van der Waals surface area contributed by atoms with E-state index in [2.05, 4.69) is 47.9 Å². The van der Waals surface area contributed by atoms with E-state index in [1.807, 2.05) is 4.57 Å². The summed E-state index contributed by atoms with van der Waals surface area (Å²) < 4.78 is 4.63. The standard InChI is InChI=1S/C22H30N6O2/c1-5-26-10-12-27(13-11-26)15-18-23-20-19(21(29)25(4)22(30)24(20)3)28(18)14-17-8-6-16(2)7-9-17/h6-9H,5,10-15H2,1-4H3. The number of aromatic nitrogens is 4. The second-order valence-electron chi connectivity index (χ2n) is 8.19. The minimum atomic E-state index is -0.351. The summed E-state index contributed by atoms with van der Waals surface area (Å²) in [5.74, 6) is 0.828. The third-order valence-corrected chi connectivity index (χ3v) is 6.17. The summed E-state index contributed by atoms with van der Waals surface area (Å²) in [4.78, 5) is 35.1. The van der Waals surface area contributed by atoms with Gasteiger partial charge in [-0.2, -0.15) is 0 Å². The van der Waals surface area contributed by atoms with Crippen molar-refractivity contribution in [2.45, 2.75) is 26.9 Å². The predicted octanol–water partition coefficient (Wildman–Crippen LogP) is 0.928. The number of piperazine rings is 1. The van der Waals surface area contributed by atoms with Crippen LogP contribution in [0, 0.1) is 6.92 Å². The number of imidazole rings is 1. The lowest BCUT2D eigenvalue weighted by Gasteiger charge is -2.33. The number of aryl methyl sites for hydroxylation is 2. The minimum absolute atomic E-state index is 0.297. The van der Waals surface area contributed by atoms with Gasteiger partial charge in [-0.15, -0.1) is 0 Å². The number of fused-ring (bicyclic) bond motifs is 1. The highest BCUT2D eigenvalue weighted by atomic mass is 16.2. The first-order valence-electron chi connectivity index (χ1n) is 10.5. The number of hydrogen-bond donors (Lipinski definition) is 0. The topological polar surface area (TPSA) is 68.3 Å². The van der Waals surface area contributed by atoms with Gasteiger partial charge >= 0.3 is 5.69 Å². The molecule has 8 heteroatoms. The first-order chi connectivity index (χ1) is 14.4. The van der Waals surface area contributed by atoms with Gasteiger partial charge in [-0.25, -0.2) is 9.78 Å². The zero-order chi connectivity index (χ0) is 21.4. The zero-order valence-electron chi connectivity index (χ0n) is 18.3. The van der Waals surface area contributed by atoms with E-state index < -0.39 is 0 Å². The van der Waals surface area contributed by atoms with Crippen LogP contribution in [0.25, 0.3) is 11.2 Å². The summed E-state index contributed by atoms with van der Waals surface area (Å²) in [6.45, 7) is 10.5. The van der Waals surface area contributed by atoms with Gasteiger partial charge in [0.05, 0.1) is 6.54 Å². The number of nitrogens with zero attached hydrogens (tertiary/aromatic N) is 6. The average molecular weight is 411 g/mol. The molecular weight excluding hydrogens is 380 g/mol. The maximum atomic E-state index is 13.0. The molecule has 8 nitrogen and oxygen atoms in total. The van der Waals surface area contributed by atoms with Gasteiger partial charge in [0.15, 0.2) is 11.2 Å². The second-order valence-corrected chi connectivity index (χ2v) is 8.19. The lowest BCUT2D eigenvalue weighted by molar-refractivity contribution is 0.129. The molecule has 1 aliphatic heterocycles. The number of rotatable bonds is 5. The summed E-state index contributed by atoms with van der Waals surface area (Å²) in [6.07, 6.45) is 0. The molecule has 0 saturated carbocycles. The van der Waals surface area contributed by atoms with Crippen molar-refractivity contribution in [1.29, 1.82) is 0 Å². The SMILES string of the molecule is CCN1CCN(Cc2nc3c(c(=O)n(C)c(=O)n3C)n2Cc2ccc(C)cc2)CC1. The first-order valence-corrected chi connectivity index (χ1v) is 10.5. The van der Waals surface area contributed by atoms with Gasteiger partial charge < -0.3 is 9.47 Å². The summed E-state index contributed by atoms with van der Waals surface area (Å²) in [5, 5.41) is 0. The van der Waals surface area contributed by atoms with Gasteiger partial charge in [0.2, 0.25) is 0 Å². The van der Waals surface area contributed by atoms with Gasteiger partial charge in [-0.3, -0.25) is 18.8 Å². The van der Waals surface area contributed by atoms with Crippen molar-refractivity contribution in [2.24, 2.45) is 14.1 Å². The van der Waals surface area contributed by atoms with Gasteiger partial charge in [0.1, 0.15) is 5.82 Å². The van der Waals surface area contributed by atoms with E-state index in [-0.39, 0.29) is 11.2 Å². The van der Waals surface area contributed by atoms with Crippen LogP contribution in [-0.2, 0) is 27.2 Å². The molecule has 160 valence electrons. The number of benzene rings is 1. The Morgan fingerprint density at radius 1 is 0.900 bits per heavy atom. The predicted molar refractivity (Wildman–Crippen MR) is 118 cm³/mol. The quantitative estimate of drug-likeness (QED) is 0.626. The van der Waals surface area contributed by atoms with Crippen LogP contribution in [0.2, 0.25) is 0 Å². The molecule has 30 heavy (non-hydrogen) atoms. The van der Waals surface area contributed by atoms with E-state index in [1.165, 1.54) is 21.7 Å². The average Bonchev–Trinajstić information content (AvgIpc) is 3.11. The van der Waals surface area contributed by atoms with E-state index in [0.717, 1.165) is 44.1 Å². The van der Waals surface area contributed by atoms with Crippen LogP contribution >= 0.6 is 0 Å². The number of likely N-dealkylation sites (N-methyl/N-ethyl adjacent to an activating group) is 1. The van der Waals surface area contributed by atoms with Crippen molar-refractivity contribution in [1.82, 2.24) is 28.5 Å². The maximum absolute atomic E-state index is 13.0. The van der Waals surface area contributed by atoms with Crippen LogP contribution < -0.4 is 11.2 Å². The smallest absolute Gasteiger partial charge is 0.317 e. The Kier molecular flexibility index (Phi) is 5.62. The molecule has 0 bridgehead atoms. The van der Waals surface area contributed by atoms with Crippen molar-refractivity contribution >= 4 is 11.2 Å². The molecule has 1 aromatic carbocycles. The lowest BCUT2D eigenvalue weighted by atomic mass is 10.1. The molecular formula is C22H30N6O2. The second kappa shape index (κ2) is 8.20. The van der Waals surface area contributed by atoms with Crippen molar-refractivity contribution in [3.05, 3.63) is 62.1 Å². The molecule has 0 unspecified atom stereocenters. The highest BCUT2D eigenvalue weighted by molar-refractivity contribution is 5.71. The largest absolute Gasteiger partial charge is 0.332 e. The van der Waals surface area contributed by atoms with Crippen LogP contribution in [0.15, 0.2) is 33.9 Å². The van der Waals surface area contributed by atoms with Gasteiger partial charge in [0, 0.05) is 46.8 Å². The molecule has 0 N–H and O–H groups in total. The Labute approximate surface area is 176 Å². The lowest BCUT2D eigenvalue weighted by Crippen LogP contribution is -2.45. The maximum Gasteiger partial charge on any atom is 0.332 e. The van der Waals surface area contributed by atoms with Gasteiger partial charge in [0.25, 0.3) is 5.56 Å². The highest BCUT2D eigenvalue weighted by Crippen LogP contribution is 2.17. The molecule has 3 heterocycles. The Hall–Kier alpha value is -2.71. The Balaban J connectivity index is 1.79. The molecule has 1 fully saturated rings. The fourth-order valence-electron chi connectivity index (χ4n) is 4.12. The molecule has 3 aromatic rings.